The minimum Gasteiger partial charge on any atom is -0.305 e. The number of fused-ring (bicyclic) bond motifs is 1. The Morgan fingerprint density at radius 2 is 2.11 bits per heavy atom. The molecule has 0 aliphatic heterocycles. The van der Waals surface area contributed by atoms with Crippen molar-refractivity contribution < 1.29 is 9.18 Å². The van der Waals surface area contributed by atoms with E-state index < -0.39 is 5.82 Å². The molecule has 0 spiro atoms. The number of benzene rings is 1. The van der Waals surface area contributed by atoms with Crippen LogP contribution in [0.4, 0.5) is 10.2 Å². The zero-order chi connectivity index (χ0) is 19.8. The van der Waals surface area contributed by atoms with Crippen LogP contribution in [0.1, 0.15) is 27.3 Å². The summed E-state index contributed by atoms with van der Waals surface area (Å²) < 4.78 is 17.1. The van der Waals surface area contributed by atoms with Crippen LogP contribution < -0.4 is 5.32 Å². The predicted octanol–water partition coefficient (Wildman–Crippen LogP) is 3.64. The fraction of sp³-hybridized carbons (Fsp3) is 0.158. The number of nitrogens with zero attached hydrogens (tertiary/aromatic N) is 5. The average molecular weight is 399 g/mol. The van der Waals surface area contributed by atoms with E-state index in [9.17, 15) is 9.18 Å². The molecule has 0 saturated carbocycles. The summed E-state index contributed by atoms with van der Waals surface area (Å²) in [6, 6.07) is 8.02. The lowest BCUT2D eigenvalue weighted by atomic mass is 10.2. The molecule has 3 aromatic heterocycles. The highest BCUT2D eigenvalue weighted by Crippen LogP contribution is 2.20. The van der Waals surface area contributed by atoms with Gasteiger partial charge in [-0.2, -0.15) is 10.2 Å². The van der Waals surface area contributed by atoms with Crippen LogP contribution in [0, 0.1) is 19.7 Å². The van der Waals surface area contributed by atoms with Gasteiger partial charge in [0.15, 0.2) is 11.5 Å². The fourth-order valence-electron chi connectivity index (χ4n) is 2.98. The van der Waals surface area contributed by atoms with Gasteiger partial charge >= 0.3 is 0 Å². The lowest BCUT2D eigenvalue weighted by molar-refractivity contribution is 0.102. The van der Waals surface area contributed by atoms with Crippen molar-refractivity contribution in [1.82, 2.24) is 24.4 Å². The summed E-state index contributed by atoms with van der Waals surface area (Å²) in [6.45, 7) is 3.90. The van der Waals surface area contributed by atoms with Crippen LogP contribution in [0.5, 0.6) is 0 Å². The Morgan fingerprint density at radius 3 is 2.89 bits per heavy atom. The molecule has 1 aromatic carbocycles. The number of hydrogen-bond donors (Lipinski definition) is 1. The van der Waals surface area contributed by atoms with E-state index in [1.165, 1.54) is 16.9 Å². The van der Waals surface area contributed by atoms with Crippen molar-refractivity contribution in [2.24, 2.45) is 0 Å². The van der Waals surface area contributed by atoms with Gasteiger partial charge in [0.1, 0.15) is 11.4 Å². The molecular weight excluding hydrogens is 383 g/mol. The molecule has 0 radical (unpaired) electrons. The third kappa shape index (κ3) is 3.34. The Labute approximate surface area is 164 Å². The Bertz CT molecular complexity index is 1180. The van der Waals surface area contributed by atoms with Gasteiger partial charge in [-0.1, -0.05) is 17.7 Å². The Kier molecular flexibility index (Phi) is 4.56. The maximum atomic E-state index is 13.9. The van der Waals surface area contributed by atoms with Crippen LogP contribution in [-0.2, 0) is 6.54 Å². The van der Waals surface area contributed by atoms with Crippen molar-refractivity contribution in [2.45, 2.75) is 20.4 Å². The molecule has 0 aliphatic rings. The highest BCUT2D eigenvalue weighted by atomic mass is 35.5. The van der Waals surface area contributed by atoms with Gasteiger partial charge in [0, 0.05) is 34.2 Å². The van der Waals surface area contributed by atoms with Gasteiger partial charge in [0.05, 0.1) is 12.7 Å². The predicted molar refractivity (Wildman–Crippen MR) is 103 cm³/mol. The van der Waals surface area contributed by atoms with Crippen molar-refractivity contribution >= 4 is 29.0 Å². The van der Waals surface area contributed by atoms with Crippen LogP contribution in [0.2, 0.25) is 5.02 Å². The van der Waals surface area contributed by atoms with E-state index in [1.54, 1.807) is 28.9 Å². The molecule has 142 valence electrons. The van der Waals surface area contributed by atoms with E-state index in [-0.39, 0.29) is 12.5 Å². The number of hydrogen-bond acceptors (Lipinski definition) is 4. The normalized spacial score (nSPS) is 11.1. The summed E-state index contributed by atoms with van der Waals surface area (Å²) >= 11 is 6.05. The van der Waals surface area contributed by atoms with Gasteiger partial charge in [-0.15, -0.1) is 0 Å². The zero-order valence-electron chi connectivity index (χ0n) is 15.1. The van der Waals surface area contributed by atoms with E-state index in [4.69, 9.17) is 11.6 Å². The third-order valence-corrected chi connectivity index (χ3v) is 4.64. The van der Waals surface area contributed by atoms with E-state index in [0.717, 1.165) is 11.4 Å². The highest BCUT2D eigenvalue weighted by molar-refractivity contribution is 6.31. The number of nitrogens with one attached hydrogen (secondary N) is 1. The molecule has 0 saturated heterocycles. The molecule has 0 unspecified atom stereocenters. The van der Waals surface area contributed by atoms with E-state index in [1.807, 2.05) is 19.9 Å². The second-order valence-corrected chi connectivity index (χ2v) is 6.79. The number of carbonyl (C=O) groups is 1. The summed E-state index contributed by atoms with van der Waals surface area (Å²) in [5, 5.41) is 11.5. The van der Waals surface area contributed by atoms with Crippen molar-refractivity contribution in [2.75, 3.05) is 5.32 Å². The van der Waals surface area contributed by atoms with Crippen LogP contribution in [-0.4, -0.2) is 30.3 Å². The van der Waals surface area contributed by atoms with E-state index in [2.05, 4.69) is 20.5 Å². The van der Waals surface area contributed by atoms with Crippen molar-refractivity contribution in [3.63, 3.8) is 0 Å². The molecule has 0 aliphatic carbocycles. The number of rotatable bonds is 4. The molecule has 9 heteroatoms. The molecule has 0 fully saturated rings. The molecule has 0 atom stereocenters. The summed E-state index contributed by atoms with van der Waals surface area (Å²) in [6.07, 6.45) is 3.11. The summed E-state index contributed by atoms with van der Waals surface area (Å²) in [5.41, 5.74) is 2.84. The number of aryl methyl sites for hydroxylation is 2. The summed E-state index contributed by atoms with van der Waals surface area (Å²) in [5.74, 6) is -0.445. The maximum absolute atomic E-state index is 13.9. The lowest BCUT2D eigenvalue weighted by Crippen LogP contribution is -2.13. The lowest BCUT2D eigenvalue weighted by Gasteiger charge is -2.06. The van der Waals surface area contributed by atoms with Crippen LogP contribution in [0.25, 0.3) is 5.65 Å². The van der Waals surface area contributed by atoms with Crippen LogP contribution in [0.3, 0.4) is 0 Å². The Hall–Kier alpha value is -3.26. The third-order valence-electron chi connectivity index (χ3n) is 4.29. The molecule has 4 aromatic rings. The second-order valence-electron chi connectivity index (χ2n) is 6.39. The first-order valence-electron chi connectivity index (χ1n) is 8.52. The number of halogens is 2. The number of anilines is 1. The first-order chi connectivity index (χ1) is 13.4. The minimum absolute atomic E-state index is 0.151. The minimum atomic E-state index is -0.406. The second kappa shape index (κ2) is 7.05. The van der Waals surface area contributed by atoms with Gasteiger partial charge in [0.25, 0.3) is 5.91 Å². The monoisotopic (exact) mass is 398 g/mol. The standard InChI is InChI=1S/C19H16ClFN6O/c1-11-8-12(2)27-18(23-11)13(9-22-27)19(28)24-17-6-7-26(25-17)10-14-15(20)4-3-5-16(14)21/h3-9H,10H2,1-2H3,(H,24,25,28). The van der Waals surface area contributed by atoms with Gasteiger partial charge in [-0.05, 0) is 32.0 Å². The number of amides is 1. The zero-order valence-corrected chi connectivity index (χ0v) is 15.9. The van der Waals surface area contributed by atoms with E-state index in [0.29, 0.717) is 27.6 Å². The largest absolute Gasteiger partial charge is 0.305 e. The van der Waals surface area contributed by atoms with Crippen molar-refractivity contribution in [3.8, 4) is 0 Å². The first-order valence-corrected chi connectivity index (χ1v) is 8.90. The number of aromatic nitrogens is 5. The van der Waals surface area contributed by atoms with Gasteiger partial charge < -0.3 is 5.32 Å². The Balaban J connectivity index is 1.55. The molecule has 3 heterocycles. The molecule has 0 bridgehead atoms. The fourth-order valence-corrected chi connectivity index (χ4v) is 3.20. The molecule has 7 nitrogen and oxygen atoms in total. The quantitative estimate of drug-likeness (QED) is 0.569. The SMILES string of the molecule is Cc1cc(C)n2ncc(C(=O)Nc3ccn(Cc4c(F)cccc4Cl)n3)c2n1. The molecule has 4 rings (SSSR count). The van der Waals surface area contributed by atoms with Crippen LogP contribution >= 0.6 is 11.6 Å². The summed E-state index contributed by atoms with van der Waals surface area (Å²) in [4.78, 5) is 17.1. The summed E-state index contributed by atoms with van der Waals surface area (Å²) in [7, 11) is 0. The van der Waals surface area contributed by atoms with Crippen molar-refractivity contribution in [1.29, 1.82) is 0 Å². The highest BCUT2D eigenvalue weighted by Gasteiger charge is 2.17. The van der Waals surface area contributed by atoms with Gasteiger partial charge in [0.2, 0.25) is 0 Å². The van der Waals surface area contributed by atoms with E-state index >= 15 is 0 Å². The average Bonchev–Trinajstić information content (AvgIpc) is 3.25. The van der Waals surface area contributed by atoms with Crippen LogP contribution in [0.15, 0.2) is 42.7 Å². The Morgan fingerprint density at radius 1 is 1.29 bits per heavy atom. The molecule has 1 N–H and O–H groups in total. The maximum Gasteiger partial charge on any atom is 0.262 e. The van der Waals surface area contributed by atoms with Crippen molar-refractivity contribution in [3.05, 3.63) is 76.1 Å². The topological polar surface area (TPSA) is 77.1 Å². The molecular formula is C19H16ClFN6O. The van der Waals surface area contributed by atoms with Gasteiger partial charge in [-0.25, -0.2) is 13.9 Å². The number of carbonyl (C=O) groups excluding carboxylic acids is 1. The smallest absolute Gasteiger partial charge is 0.262 e. The molecule has 1 amide bonds. The van der Waals surface area contributed by atoms with Gasteiger partial charge in [-0.3, -0.25) is 9.48 Å². The first kappa shape index (κ1) is 18.1. The molecule has 28 heavy (non-hydrogen) atoms.